The summed E-state index contributed by atoms with van der Waals surface area (Å²) in [7, 11) is 0. The number of benzene rings is 12. The van der Waals surface area contributed by atoms with Gasteiger partial charge >= 0.3 is 20.1 Å². The Labute approximate surface area is 473 Å². The summed E-state index contributed by atoms with van der Waals surface area (Å²) in [6.45, 7) is 0. The number of hydrogen-bond donors (Lipinski definition) is 0. The Hall–Kier alpha value is -9.70. The minimum absolute atomic E-state index is 0. The van der Waals surface area contributed by atoms with Gasteiger partial charge in [-0.05, 0) is 82.8 Å². The van der Waals surface area contributed by atoms with Gasteiger partial charge in [-0.1, -0.05) is 253 Å². The van der Waals surface area contributed by atoms with Crippen LogP contribution in [0.2, 0.25) is 0 Å². The molecule has 0 atom stereocenters. The van der Waals surface area contributed by atoms with E-state index >= 15 is 0 Å². The first-order chi connectivity index (χ1) is 38.7. The van der Waals surface area contributed by atoms with Gasteiger partial charge in [0.05, 0.1) is 0 Å². The third kappa shape index (κ3) is 10.4. The van der Waals surface area contributed by atoms with Crippen molar-refractivity contribution >= 4 is 64.6 Å². The Morgan fingerprint density at radius 3 is 0.722 bits per heavy atom. The van der Waals surface area contributed by atoms with Crippen LogP contribution in [0.25, 0.3) is 132 Å². The van der Waals surface area contributed by atoms with E-state index in [0.29, 0.717) is 0 Å². The zero-order valence-corrected chi connectivity index (χ0v) is 45.3. The van der Waals surface area contributed by atoms with Gasteiger partial charge in [0.25, 0.3) is 0 Å². The van der Waals surface area contributed by atoms with E-state index in [9.17, 15) is 0 Å². The molecule has 79 heavy (non-hydrogen) atoms. The monoisotopic (exact) mass is 1180 g/mol. The van der Waals surface area contributed by atoms with Crippen molar-refractivity contribution in [1.82, 2.24) is 15.0 Å². The van der Waals surface area contributed by atoms with Crippen molar-refractivity contribution in [3.05, 3.63) is 310 Å². The van der Waals surface area contributed by atoms with Gasteiger partial charge in [-0.3, -0.25) is 0 Å². The van der Waals surface area contributed by atoms with Crippen LogP contribution in [0.1, 0.15) is 0 Å². The van der Waals surface area contributed by atoms with Crippen molar-refractivity contribution in [2.75, 3.05) is 0 Å². The summed E-state index contributed by atoms with van der Waals surface area (Å²) in [6.07, 6.45) is 5.90. The first-order valence-corrected chi connectivity index (χ1v) is 26.2. The van der Waals surface area contributed by atoms with Crippen molar-refractivity contribution in [2.45, 2.75) is 0 Å². The minimum Gasteiger partial charge on any atom is -0.304 e. The molecule has 0 saturated carbocycles. The van der Waals surface area contributed by atoms with Crippen molar-refractivity contribution in [2.24, 2.45) is 0 Å². The topological polar surface area (TPSA) is 38.7 Å². The molecule has 15 aromatic rings. The van der Waals surface area contributed by atoms with E-state index < -0.39 is 0 Å². The molecule has 0 saturated heterocycles. The number of nitrogens with zero attached hydrogens (tertiary/aromatic N) is 3. The third-order valence-corrected chi connectivity index (χ3v) is 14.5. The van der Waals surface area contributed by atoms with Gasteiger partial charge < -0.3 is 15.0 Å². The number of hydrogen-bond acceptors (Lipinski definition) is 3. The molecule has 3 aromatic heterocycles. The average molecular weight is 1180 g/mol. The van der Waals surface area contributed by atoms with E-state index in [-0.39, 0.29) is 20.1 Å². The summed E-state index contributed by atoms with van der Waals surface area (Å²) in [4.78, 5) is 14.3. The second-order valence-electron chi connectivity index (χ2n) is 19.2. The summed E-state index contributed by atoms with van der Waals surface area (Å²) < 4.78 is 0. The molecule has 0 aliphatic rings. The molecule has 372 valence electrons. The summed E-state index contributed by atoms with van der Waals surface area (Å²) in [5.74, 6) is 0. The van der Waals surface area contributed by atoms with E-state index in [1.165, 1.54) is 81.3 Å². The SMILES string of the molecule is [Ir+3].[c-]1ccc2ccccc2c1-c1ccc(-c2cccc3ccccc23)cn1.[c-]1ccc2ccccc2c1-c1ccc(-c2cccc3ccccc23)cn1.[c-]1ccc2ccccc2c1-c1ccc(-c2cccc3ccccc23)cn1. The predicted octanol–water partition coefficient (Wildman–Crippen LogP) is 19.6. The van der Waals surface area contributed by atoms with Crippen LogP contribution in [0, 0.1) is 18.2 Å². The number of pyridine rings is 3. The molecule has 0 unspecified atom stereocenters. The molecule has 0 fully saturated rings. The second-order valence-corrected chi connectivity index (χ2v) is 19.2. The fraction of sp³-hybridized carbons (Fsp3) is 0. The fourth-order valence-corrected chi connectivity index (χ4v) is 10.7. The Kier molecular flexibility index (Phi) is 14.5. The molecule has 0 radical (unpaired) electrons. The van der Waals surface area contributed by atoms with Gasteiger partial charge in [0, 0.05) is 18.6 Å². The van der Waals surface area contributed by atoms with Crippen molar-refractivity contribution in [3.8, 4) is 67.2 Å². The molecule has 0 spiro atoms. The fourth-order valence-electron chi connectivity index (χ4n) is 10.7. The summed E-state index contributed by atoms with van der Waals surface area (Å²) in [5, 5.41) is 14.7. The largest absolute Gasteiger partial charge is 3.00 e. The molecule has 0 amide bonds. The molecule has 4 heteroatoms. The first-order valence-electron chi connectivity index (χ1n) is 26.2. The van der Waals surface area contributed by atoms with E-state index in [1.54, 1.807) is 0 Å². The third-order valence-electron chi connectivity index (χ3n) is 14.5. The van der Waals surface area contributed by atoms with Gasteiger partial charge in [-0.2, -0.15) is 0 Å². The Morgan fingerprint density at radius 1 is 0.215 bits per heavy atom. The zero-order valence-electron chi connectivity index (χ0n) is 42.9. The molecule has 3 nitrogen and oxygen atoms in total. The minimum atomic E-state index is 0. The Bertz CT molecular complexity index is 3810. The molecule has 3 heterocycles. The normalized spacial score (nSPS) is 10.9. The molecule has 0 aliphatic heterocycles. The van der Waals surface area contributed by atoms with Crippen LogP contribution in [0.15, 0.2) is 292 Å². The molecule has 0 bridgehead atoms. The van der Waals surface area contributed by atoms with Gasteiger partial charge in [-0.15, -0.1) is 87.4 Å². The number of aromatic nitrogens is 3. The van der Waals surface area contributed by atoms with Crippen molar-refractivity contribution in [3.63, 3.8) is 0 Å². The van der Waals surface area contributed by atoms with E-state index in [1.807, 2.05) is 36.8 Å². The van der Waals surface area contributed by atoms with Crippen LogP contribution in [0.5, 0.6) is 0 Å². The van der Waals surface area contributed by atoms with Crippen LogP contribution >= 0.6 is 0 Å². The molecular weight excluding hydrogens is 1140 g/mol. The molecule has 15 rings (SSSR count). The van der Waals surface area contributed by atoms with Crippen LogP contribution in [0.4, 0.5) is 0 Å². The maximum absolute atomic E-state index is 4.75. The van der Waals surface area contributed by atoms with Crippen LogP contribution in [0.3, 0.4) is 0 Å². The summed E-state index contributed by atoms with van der Waals surface area (Å²) in [5.41, 5.74) is 13.0. The first kappa shape index (κ1) is 50.1. The van der Waals surface area contributed by atoms with Crippen molar-refractivity contribution in [1.29, 1.82) is 0 Å². The maximum atomic E-state index is 4.75. The predicted molar refractivity (Wildman–Crippen MR) is 327 cm³/mol. The van der Waals surface area contributed by atoms with E-state index in [4.69, 9.17) is 15.0 Å². The maximum Gasteiger partial charge on any atom is 3.00 e. The van der Waals surface area contributed by atoms with E-state index in [2.05, 4.69) is 273 Å². The summed E-state index contributed by atoms with van der Waals surface area (Å²) >= 11 is 0. The van der Waals surface area contributed by atoms with Gasteiger partial charge in [0.2, 0.25) is 0 Å². The Balaban J connectivity index is 0.000000118. The van der Waals surface area contributed by atoms with Gasteiger partial charge in [0.15, 0.2) is 0 Å². The van der Waals surface area contributed by atoms with Crippen molar-refractivity contribution < 1.29 is 20.1 Å². The van der Waals surface area contributed by atoms with Crippen LogP contribution < -0.4 is 0 Å². The average Bonchev–Trinajstić information content (AvgIpc) is 3.54. The quantitative estimate of drug-likeness (QED) is 0.156. The number of fused-ring (bicyclic) bond motifs is 6. The van der Waals surface area contributed by atoms with E-state index in [0.717, 1.165) is 50.5 Å². The molecule has 12 aromatic carbocycles. The smallest absolute Gasteiger partial charge is 0.304 e. The number of rotatable bonds is 6. The second kappa shape index (κ2) is 22.9. The standard InChI is InChI=1S/3C25H16N.Ir/c3*1-3-11-21-18(7-1)9-5-13-23(21)20-15-16-25(26-17-20)24-14-6-10-19-8-2-4-12-22(19)24;/h3*1-13,15-17H;/q3*-1;+3. The van der Waals surface area contributed by atoms with Gasteiger partial charge in [-0.25, -0.2) is 0 Å². The molecule has 0 N–H and O–H groups in total. The van der Waals surface area contributed by atoms with Gasteiger partial charge in [0.1, 0.15) is 0 Å². The Morgan fingerprint density at radius 2 is 0.456 bits per heavy atom. The molecule has 0 aliphatic carbocycles. The summed E-state index contributed by atoms with van der Waals surface area (Å²) in [6, 6.07) is 105. The van der Waals surface area contributed by atoms with Crippen LogP contribution in [-0.2, 0) is 20.1 Å². The van der Waals surface area contributed by atoms with Crippen LogP contribution in [-0.4, -0.2) is 15.0 Å². The zero-order chi connectivity index (χ0) is 52.0. The molecular formula is C75H48IrN3.